The van der Waals surface area contributed by atoms with E-state index in [2.05, 4.69) is 0 Å². The first-order valence-corrected chi connectivity index (χ1v) is 6.28. The third-order valence-electron chi connectivity index (χ3n) is 3.34. The van der Waals surface area contributed by atoms with Crippen LogP contribution in [0.2, 0.25) is 0 Å². The monoisotopic (exact) mass is 256 g/mol. The molecule has 0 radical (unpaired) electrons. The Balaban J connectivity index is 1.82. The summed E-state index contributed by atoms with van der Waals surface area (Å²) in [6, 6.07) is 14.2. The van der Waals surface area contributed by atoms with Crippen LogP contribution in [-0.2, 0) is 9.53 Å². The van der Waals surface area contributed by atoms with Crippen molar-refractivity contribution in [3.63, 3.8) is 0 Å². The van der Waals surface area contributed by atoms with Crippen molar-refractivity contribution in [3.05, 3.63) is 59.9 Å². The van der Waals surface area contributed by atoms with Crippen LogP contribution in [0.1, 0.15) is 24.5 Å². The van der Waals surface area contributed by atoms with Crippen molar-refractivity contribution in [1.29, 1.82) is 0 Å². The predicted molar refractivity (Wildman–Crippen MR) is 69.9 cm³/mol. The van der Waals surface area contributed by atoms with Crippen molar-refractivity contribution in [3.8, 4) is 11.1 Å². The zero-order chi connectivity index (χ0) is 13.2. The minimum atomic E-state index is -0.238. The lowest BCUT2D eigenvalue weighted by Crippen LogP contribution is -1.98. The van der Waals surface area contributed by atoms with Gasteiger partial charge in [0.15, 0.2) is 0 Å². The number of hydrogen-bond acceptors (Lipinski definition) is 2. The summed E-state index contributed by atoms with van der Waals surface area (Å²) in [4.78, 5) is 11.1. The highest BCUT2D eigenvalue weighted by atomic mass is 19.1. The Morgan fingerprint density at radius 1 is 0.947 bits per heavy atom. The topological polar surface area (TPSA) is 26.3 Å². The van der Waals surface area contributed by atoms with E-state index in [4.69, 9.17) is 4.74 Å². The highest BCUT2D eigenvalue weighted by molar-refractivity contribution is 5.72. The molecule has 2 nitrogen and oxygen atoms in total. The van der Waals surface area contributed by atoms with Crippen LogP contribution in [-0.4, -0.2) is 5.97 Å². The van der Waals surface area contributed by atoms with Gasteiger partial charge in [0.25, 0.3) is 0 Å². The maximum Gasteiger partial charge on any atom is 0.306 e. The van der Waals surface area contributed by atoms with E-state index < -0.39 is 0 Å². The number of rotatable bonds is 2. The van der Waals surface area contributed by atoms with Crippen molar-refractivity contribution in [1.82, 2.24) is 0 Å². The Labute approximate surface area is 110 Å². The molecule has 96 valence electrons. The van der Waals surface area contributed by atoms with Crippen molar-refractivity contribution in [2.45, 2.75) is 18.9 Å². The van der Waals surface area contributed by atoms with Gasteiger partial charge in [0, 0.05) is 6.42 Å². The quantitative estimate of drug-likeness (QED) is 0.762. The van der Waals surface area contributed by atoms with Crippen LogP contribution in [0.4, 0.5) is 4.39 Å². The molecule has 0 amide bonds. The first-order valence-electron chi connectivity index (χ1n) is 6.28. The number of carbonyl (C=O) groups excluding carboxylic acids is 1. The van der Waals surface area contributed by atoms with Gasteiger partial charge in [0.1, 0.15) is 11.9 Å². The Hall–Kier alpha value is -2.16. The molecule has 0 aliphatic carbocycles. The van der Waals surface area contributed by atoms with Crippen molar-refractivity contribution < 1.29 is 13.9 Å². The van der Waals surface area contributed by atoms with Crippen LogP contribution >= 0.6 is 0 Å². The van der Waals surface area contributed by atoms with Gasteiger partial charge in [0.2, 0.25) is 0 Å². The molecule has 0 saturated carbocycles. The molecule has 1 saturated heterocycles. The summed E-state index contributed by atoms with van der Waals surface area (Å²) in [6.45, 7) is 0. The largest absolute Gasteiger partial charge is 0.457 e. The molecular weight excluding hydrogens is 243 g/mol. The lowest BCUT2D eigenvalue weighted by Gasteiger charge is -2.10. The molecule has 1 aliphatic rings. The van der Waals surface area contributed by atoms with Crippen molar-refractivity contribution in [2.24, 2.45) is 0 Å². The number of halogens is 1. The Bertz CT molecular complexity index is 587. The van der Waals surface area contributed by atoms with E-state index in [1.807, 2.05) is 24.3 Å². The summed E-state index contributed by atoms with van der Waals surface area (Å²) in [6.07, 6.45) is 1.12. The molecule has 1 heterocycles. The smallest absolute Gasteiger partial charge is 0.306 e. The second-order valence-electron chi connectivity index (χ2n) is 4.65. The molecule has 1 atom stereocenters. The molecule has 3 rings (SSSR count). The van der Waals surface area contributed by atoms with Gasteiger partial charge < -0.3 is 4.74 Å². The first kappa shape index (κ1) is 11.9. The number of hydrogen-bond donors (Lipinski definition) is 0. The molecule has 2 aromatic carbocycles. The third-order valence-corrected chi connectivity index (χ3v) is 3.34. The van der Waals surface area contributed by atoms with Gasteiger partial charge in [-0.1, -0.05) is 36.4 Å². The maximum absolute atomic E-state index is 12.9. The number of benzene rings is 2. The molecule has 19 heavy (non-hydrogen) atoms. The van der Waals surface area contributed by atoms with Crippen molar-refractivity contribution >= 4 is 5.97 Å². The minimum absolute atomic E-state index is 0.116. The van der Waals surface area contributed by atoms with Gasteiger partial charge in [-0.25, -0.2) is 4.39 Å². The van der Waals surface area contributed by atoms with Gasteiger partial charge in [0.05, 0.1) is 0 Å². The molecule has 2 aromatic rings. The Morgan fingerprint density at radius 3 is 2.05 bits per heavy atom. The van der Waals surface area contributed by atoms with Crippen LogP contribution in [0, 0.1) is 5.82 Å². The number of esters is 1. The normalized spacial score (nSPS) is 18.4. The highest BCUT2D eigenvalue weighted by Crippen LogP contribution is 2.30. The van der Waals surface area contributed by atoms with E-state index >= 15 is 0 Å². The summed E-state index contributed by atoms with van der Waals surface area (Å²) in [5.74, 6) is -0.370. The maximum atomic E-state index is 12.9. The fourth-order valence-corrected chi connectivity index (χ4v) is 2.29. The Morgan fingerprint density at radius 2 is 1.53 bits per heavy atom. The average Bonchev–Trinajstić information content (AvgIpc) is 2.87. The summed E-state index contributed by atoms with van der Waals surface area (Å²) in [5, 5.41) is 0. The van der Waals surface area contributed by atoms with Crippen LogP contribution in [0.3, 0.4) is 0 Å². The Kier molecular flexibility index (Phi) is 3.03. The summed E-state index contributed by atoms with van der Waals surface area (Å²) >= 11 is 0. The van der Waals surface area contributed by atoms with Gasteiger partial charge in [-0.2, -0.15) is 0 Å². The van der Waals surface area contributed by atoms with E-state index in [1.54, 1.807) is 12.1 Å². The molecule has 0 N–H and O–H groups in total. The third kappa shape index (κ3) is 2.50. The zero-order valence-electron chi connectivity index (χ0n) is 10.3. The summed E-state index contributed by atoms with van der Waals surface area (Å²) in [7, 11) is 0. The van der Waals surface area contributed by atoms with E-state index in [0.29, 0.717) is 6.42 Å². The lowest BCUT2D eigenvalue weighted by atomic mass is 10.0. The van der Waals surface area contributed by atoms with Crippen LogP contribution in [0.25, 0.3) is 11.1 Å². The molecule has 1 fully saturated rings. The molecule has 1 unspecified atom stereocenters. The van der Waals surface area contributed by atoms with E-state index in [0.717, 1.165) is 23.1 Å². The van der Waals surface area contributed by atoms with E-state index in [1.165, 1.54) is 12.1 Å². The number of ether oxygens (including phenoxy) is 1. The van der Waals surface area contributed by atoms with Crippen LogP contribution in [0.15, 0.2) is 48.5 Å². The standard InChI is InChI=1S/C16H13FO2/c17-14-7-5-12(6-8-14)11-1-3-13(4-2-11)15-9-10-16(18)19-15/h1-8,15H,9-10H2. The second kappa shape index (κ2) is 4.84. The van der Waals surface area contributed by atoms with Gasteiger partial charge in [-0.3, -0.25) is 4.79 Å². The van der Waals surface area contributed by atoms with Crippen molar-refractivity contribution in [2.75, 3.05) is 0 Å². The lowest BCUT2D eigenvalue weighted by molar-refractivity contribution is -0.141. The minimum Gasteiger partial charge on any atom is -0.457 e. The van der Waals surface area contributed by atoms with Crippen LogP contribution < -0.4 is 0 Å². The first-order chi connectivity index (χ1) is 9.22. The molecule has 0 bridgehead atoms. The molecular formula is C16H13FO2. The summed E-state index contributed by atoms with van der Waals surface area (Å²) < 4.78 is 18.1. The SMILES string of the molecule is O=C1CCC(c2ccc(-c3ccc(F)cc3)cc2)O1. The average molecular weight is 256 g/mol. The zero-order valence-corrected chi connectivity index (χ0v) is 10.3. The molecule has 3 heteroatoms. The molecule has 0 aromatic heterocycles. The van der Waals surface area contributed by atoms with E-state index in [-0.39, 0.29) is 17.9 Å². The van der Waals surface area contributed by atoms with Gasteiger partial charge in [-0.15, -0.1) is 0 Å². The summed E-state index contributed by atoms with van der Waals surface area (Å²) in [5.41, 5.74) is 3.00. The second-order valence-corrected chi connectivity index (χ2v) is 4.65. The fourth-order valence-electron chi connectivity index (χ4n) is 2.29. The highest BCUT2D eigenvalue weighted by Gasteiger charge is 2.24. The molecule has 1 aliphatic heterocycles. The van der Waals surface area contributed by atoms with E-state index in [9.17, 15) is 9.18 Å². The van der Waals surface area contributed by atoms with Gasteiger partial charge in [-0.05, 0) is 35.2 Å². The van der Waals surface area contributed by atoms with Crippen LogP contribution in [0.5, 0.6) is 0 Å². The molecule has 0 spiro atoms. The number of carbonyl (C=O) groups is 1. The fraction of sp³-hybridized carbons (Fsp3) is 0.188. The predicted octanol–water partition coefficient (Wildman–Crippen LogP) is 3.87. The number of cyclic esters (lactones) is 1. The van der Waals surface area contributed by atoms with Gasteiger partial charge >= 0.3 is 5.97 Å².